The first-order valence-electron chi connectivity index (χ1n) is 7.00. The van der Waals surface area contributed by atoms with Crippen LogP contribution >= 0.6 is 0 Å². The van der Waals surface area contributed by atoms with Gasteiger partial charge in [0.2, 0.25) is 0 Å². The number of hydrogen-bond donors (Lipinski definition) is 2. The van der Waals surface area contributed by atoms with Crippen molar-refractivity contribution in [3.63, 3.8) is 0 Å². The van der Waals surface area contributed by atoms with Crippen molar-refractivity contribution in [3.05, 3.63) is 0 Å². The van der Waals surface area contributed by atoms with Crippen LogP contribution in [0.4, 0.5) is 0 Å². The third-order valence-corrected chi connectivity index (χ3v) is 2.21. The second kappa shape index (κ2) is 17.5. The molecule has 0 aliphatic rings. The molecule has 0 bridgehead atoms. The molecule has 5 heteroatoms. The molecule has 2 N–H and O–H groups in total. The number of hydrogen-bond acceptors (Lipinski definition) is 5. The maximum absolute atomic E-state index is 9.77. The molecule has 0 rings (SSSR count). The van der Waals surface area contributed by atoms with Gasteiger partial charge in [-0.05, 0) is 20.3 Å². The van der Waals surface area contributed by atoms with E-state index in [1.807, 2.05) is 0 Å². The summed E-state index contributed by atoms with van der Waals surface area (Å²) in [6.45, 7) is 6.86. The summed E-state index contributed by atoms with van der Waals surface area (Å²) < 4.78 is 9.91. The van der Waals surface area contributed by atoms with E-state index in [4.69, 9.17) is 19.7 Å². The highest BCUT2D eigenvalue weighted by Gasteiger charge is 2.00. The quantitative estimate of drug-likeness (QED) is 0.443. The molecule has 0 aliphatic carbocycles. The molecule has 5 nitrogen and oxygen atoms in total. The van der Waals surface area contributed by atoms with Crippen molar-refractivity contribution >= 4 is 6.29 Å². The Hall–Kier alpha value is -0.490. The minimum absolute atomic E-state index is 0.00667. The Morgan fingerprint density at radius 1 is 1.21 bits per heavy atom. The van der Waals surface area contributed by atoms with Gasteiger partial charge in [0.1, 0.15) is 12.9 Å². The lowest BCUT2D eigenvalue weighted by atomic mass is 10.2. The lowest BCUT2D eigenvalue weighted by Gasteiger charge is -2.10. The van der Waals surface area contributed by atoms with E-state index >= 15 is 0 Å². The van der Waals surface area contributed by atoms with Gasteiger partial charge in [-0.2, -0.15) is 0 Å². The van der Waals surface area contributed by atoms with E-state index in [0.717, 1.165) is 19.3 Å². The molecule has 0 aromatic carbocycles. The van der Waals surface area contributed by atoms with Crippen molar-refractivity contribution in [2.45, 2.75) is 58.7 Å². The van der Waals surface area contributed by atoms with Crippen LogP contribution in [-0.4, -0.2) is 55.1 Å². The van der Waals surface area contributed by atoms with Crippen LogP contribution in [0, 0.1) is 0 Å². The van der Waals surface area contributed by atoms with Crippen LogP contribution in [-0.2, 0) is 14.3 Å². The zero-order chi connectivity index (χ0) is 14.9. The monoisotopic (exact) mass is 278 g/mol. The normalized spacial score (nSPS) is 13.3. The topological polar surface area (TPSA) is 76.0 Å². The fourth-order valence-corrected chi connectivity index (χ4v) is 1.12. The lowest BCUT2D eigenvalue weighted by Crippen LogP contribution is -2.19. The highest BCUT2D eigenvalue weighted by atomic mass is 16.5. The number of rotatable bonds is 11. The van der Waals surface area contributed by atoms with Gasteiger partial charge in [0.15, 0.2) is 0 Å². The van der Waals surface area contributed by atoms with Crippen LogP contribution in [0.2, 0.25) is 0 Å². The van der Waals surface area contributed by atoms with Gasteiger partial charge in [-0.25, -0.2) is 0 Å². The zero-order valence-corrected chi connectivity index (χ0v) is 12.5. The van der Waals surface area contributed by atoms with Crippen LogP contribution in [0.15, 0.2) is 0 Å². The van der Waals surface area contributed by atoms with Gasteiger partial charge in [-0.1, -0.05) is 26.2 Å². The van der Waals surface area contributed by atoms with Crippen LogP contribution in [0.25, 0.3) is 0 Å². The maximum Gasteiger partial charge on any atom is 0.145 e. The Kier molecular flexibility index (Phi) is 19.2. The number of aliphatic hydroxyl groups excluding tert-OH is 2. The molecule has 2 atom stereocenters. The summed E-state index contributed by atoms with van der Waals surface area (Å²) in [6, 6.07) is 0. The minimum Gasteiger partial charge on any atom is -0.394 e. The third-order valence-electron chi connectivity index (χ3n) is 2.21. The average Bonchev–Trinajstić information content (AvgIpc) is 2.40. The molecule has 0 fully saturated rings. The Morgan fingerprint density at radius 2 is 1.89 bits per heavy atom. The number of aldehydes is 1. The Morgan fingerprint density at radius 3 is 2.37 bits per heavy atom. The second-order valence-electron chi connectivity index (χ2n) is 4.48. The molecule has 0 aromatic rings. The molecule has 0 radical (unpaired) electrons. The maximum atomic E-state index is 9.77. The van der Waals surface area contributed by atoms with Gasteiger partial charge in [0, 0.05) is 6.61 Å². The number of unbranched alkanes of at least 4 members (excludes halogenated alkanes) is 3. The molecule has 0 amide bonds. The van der Waals surface area contributed by atoms with Gasteiger partial charge < -0.3 is 24.5 Å². The number of ether oxygens (including phenoxy) is 2. The van der Waals surface area contributed by atoms with E-state index in [1.54, 1.807) is 13.8 Å². The highest BCUT2D eigenvalue weighted by molar-refractivity contribution is 5.50. The molecule has 0 aliphatic heterocycles. The van der Waals surface area contributed by atoms with Crippen molar-refractivity contribution < 1.29 is 24.5 Å². The SMILES string of the molecule is CC(O)COC(C)CO.CCCCCCOCC=O. The van der Waals surface area contributed by atoms with Crippen LogP contribution in [0.5, 0.6) is 0 Å². The fraction of sp³-hybridized carbons (Fsp3) is 0.929. The summed E-state index contributed by atoms with van der Waals surface area (Å²) in [6.07, 6.45) is 4.99. The average molecular weight is 278 g/mol. The van der Waals surface area contributed by atoms with E-state index in [-0.39, 0.29) is 19.3 Å². The number of carbonyl (C=O) groups is 1. The predicted molar refractivity (Wildman–Crippen MR) is 75.2 cm³/mol. The molecule has 0 saturated carbocycles. The predicted octanol–water partition coefficient (Wildman–Crippen LogP) is 1.55. The van der Waals surface area contributed by atoms with Gasteiger partial charge in [-0.3, -0.25) is 0 Å². The molecule has 116 valence electrons. The molecule has 0 spiro atoms. The molecule has 0 saturated heterocycles. The first-order chi connectivity index (χ1) is 9.08. The van der Waals surface area contributed by atoms with Gasteiger partial charge in [0.05, 0.1) is 25.4 Å². The molecule has 0 aromatic heterocycles. The van der Waals surface area contributed by atoms with Gasteiger partial charge >= 0.3 is 0 Å². The van der Waals surface area contributed by atoms with Crippen molar-refractivity contribution in [1.82, 2.24) is 0 Å². The van der Waals surface area contributed by atoms with Crippen LogP contribution in [0.3, 0.4) is 0 Å². The minimum atomic E-state index is -0.445. The fourth-order valence-electron chi connectivity index (χ4n) is 1.12. The zero-order valence-electron chi connectivity index (χ0n) is 12.5. The van der Waals surface area contributed by atoms with E-state index in [2.05, 4.69) is 6.92 Å². The Bertz CT molecular complexity index is 173. The summed E-state index contributed by atoms with van der Waals surface area (Å²) in [5.41, 5.74) is 0. The molecule has 0 heterocycles. The van der Waals surface area contributed by atoms with Crippen LogP contribution < -0.4 is 0 Å². The molecular weight excluding hydrogens is 248 g/mol. The van der Waals surface area contributed by atoms with E-state index in [1.165, 1.54) is 19.3 Å². The Labute approximate surface area is 116 Å². The molecule has 2 unspecified atom stereocenters. The summed E-state index contributed by atoms with van der Waals surface area (Å²) in [7, 11) is 0. The first kappa shape index (κ1) is 20.8. The highest BCUT2D eigenvalue weighted by Crippen LogP contribution is 1.98. The summed E-state index contributed by atoms with van der Waals surface area (Å²) >= 11 is 0. The second-order valence-corrected chi connectivity index (χ2v) is 4.48. The largest absolute Gasteiger partial charge is 0.394 e. The number of carbonyl (C=O) groups excluding carboxylic acids is 1. The first-order valence-corrected chi connectivity index (χ1v) is 7.00. The molecular formula is C14H30O5. The van der Waals surface area contributed by atoms with Crippen molar-refractivity contribution in [3.8, 4) is 0 Å². The third kappa shape index (κ3) is 23.1. The van der Waals surface area contributed by atoms with E-state index in [9.17, 15) is 4.79 Å². The van der Waals surface area contributed by atoms with E-state index < -0.39 is 6.10 Å². The summed E-state index contributed by atoms with van der Waals surface area (Å²) in [5.74, 6) is 0. The van der Waals surface area contributed by atoms with Gasteiger partial charge in [-0.15, -0.1) is 0 Å². The standard InChI is InChI=1S/C8H16O2.C6H14O3/c1-2-3-4-5-7-10-8-6-9;1-5(8)4-9-6(2)3-7/h6H,2-5,7-8H2,1H3;5-8H,3-4H2,1-2H3. The summed E-state index contributed by atoms with van der Waals surface area (Å²) in [5, 5.41) is 17.1. The van der Waals surface area contributed by atoms with Crippen LogP contribution in [0.1, 0.15) is 46.5 Å². The van der Waals surface area contributed by atoms with E-state index in [0.29, 0.717) is 6.61 Å². The summed E-state index contributed by atoms with van der Waals surface area (Å²) in [4.78, 5) is 9.77. The Balaban J connectivity index is 0. The number of aliphatic hydroxyl groups is 2. The van der Waals surface area contributed by atoms with Crippen molar-refractivity contribution in [2.75, 3.05) is 26.4 Å². The van der Waals surface area contributed by atoms with Gasteiger partial charge in [0.25, 0.3) is 0 Å². The van der Waals surface area contributed by atoms with Crippen molar-refractivity contribution in [1.29, 1.82) is 0 Å². The lowest BCUT2D eigenvalue weighted by molar-refractivity contribution is -0.111. The molecule has 19 heavy (non-hydrogen) atoms. The van der Waals surface area contributed by atoms with Crippen molar-refractivity contribution in [2.24, 2.45) is 0 Å². The smallest absolute Gasteiger partial charge is 0.145 e.